The summed E-state index contributed by atoms with van der Waals surface area (Å²) in [6, 6.07) is 9.09. The van der Waals surface area contributed by atoms with Crippen molar-refractivity contribution in [2.45, 2.75) is 18.7 Å². The monoisotopic (exact) mass is 401 g/mol. The summed E-state index contributed by atoms with van der Waals surface area (Å²) in [5.74, 6) is -0.182. The van der Waals surface area contributed by atoms with Gasteiger partial charge < -0.3 is 9.13 Å². The van der Waals surface area contributed by atoms with Crippen molar-refractivity contribution in [3.05, 3.63) is 68.2 Å². The summed E-state index contributed by atoms with van der Waals surface area (Å²) < 4.78 is 30.7. The number of sulfonamides is 1. The Kier molecular flexibility index (Phi) is 4.72. The molecule has 0 saturated carbocycles. The van der Waals surface area contributed by atoms with E-state index in [0.29, 0.717) is 22.2 Å². The van der Waals surface area contributed by atoms with Crippen molar-refractivity contribution in [3.8, 4) is 0 Å². The van der Waals surface area contributed by atoms with Crippen LogP contribution in [0.2, 0.25) is 0 Å². The van der Waals surface area contributed by atoms with Gasteiger partial charge in [0.25, 0.3) is 10.0 Å². The summed E-state index contributed by atoms with van der Waals surface area (Å²) >= 11 is 0. The Morgan fingerprint density at radius 1 is 0.964 bits per heavy atom. The minimum atomic E-state index is -3.99. The van der Waals surface area contributed by atoms with Crippen LogP contribution >= 0.6 is 0 Å². The van der Waals surface area contributed by atoms with Crippen LogP contribution in [0.1, 0.15) is 22.8 Å². The third kappa shape index (κ3) is 3.24. The lowest BCUT2D eigenvalue weighted by molar-refractivity contribution is 0.101. The number of nitrogens with zero attached hydrogens (tertiary/aromatic N) is 2. The third-order valence-electron chi connectivity index (χ3n) is 4.60. The molecule has 0 radical (unpaired) electrons. The van der Waals surface area contributed by atoms with Gasteiger partial charge in [-0.15, -0.1) is 0 Å². The number of carbonyl (C=O) groups excluding carboxylic acids is 1. The molecular formula is C19H19N3O5S. The second-order valence-electron chi connectivity index (χ2n) is 6.58. The molecule has 0 bridgehead atoms. The zero-order valence-electron chi connectivity index (χ0n) is 15.8. The van der Waals surface area contributed by atoms with Crippen molar-refractivity contribution in [1.82, 2.24) is 9.13 Å². The number of benzene rings is 2. The minimum Gasteiger partial charge on any atom is -0.305 e. The highest BCUT2D eigenvalue weighted by atomic mass is 32.2. The standard InChI is InChI=1S/C19H19N3O5S/c1-11-8-15-16(22(4)19(25)18(24)21(15)3)10-17(11)28(26,27)20-14-7-5-6-13(9-14)12(2)23/h5-10,20H,1-4H3. The van der Waals surface area contributed by atoms with Crippen LogP contribution in [-0.4, -0.2) is 23.3 Å². The number of nitrogens with one attached hydrogen (secondary N) is 1. The predicted molar refractivity (Wildman–Crippen MR) is 106 cm³/mol. The molecule has 0 saturated heterocycles. The molecule has 8 nitrogen and oxygen atoms in total. The maximum absolute atomic E-state index is 12.9. The van der Waals surface area contributed by atoms with Gasteiger partial charge in [-0.05, 0) is 43.7 Å². The molecule has 146 valence electrons. The normalized spacial score (nSPS) is 11.6. The first-order chi connectivity index (χ1) is 13.0. The van der Waals surface area contributed by atoms with E-state index >= 15 is 0 Å². The summed E-state index contributed by atoms with van der Waals surface area (Å²) in [5.41, 5.74) is 0.372. The molecule has 0 unspecified atom stereocenters. The number of aryl methyl sites for hydroxylation is 3. The maximum atomic E-state index is 12.9. The second kappa shape index (κ2) is 6.75. The molecule has 1 N–H and O–H groups in total. The molecule has 1 heterocycles. The first kappa shape index (κ1) is 19.6. The quantitative estimate of drug-likeness (QED) is 0.527. The number of aromatic nitrogens is 2. The van der Waals surface area contributed by atoms with Crippen LogP contribution < -0.4 is 15.8 Å². The van der Waals surface area contributed by atoms with E-state index in [1.807, 2.05) is 0 Å². The van der Waals surface area contributed by atoms with Gasteiger partial charge in [-0.3, -0.25) is 19.1 Å². The molecule has 9 heteroatoms. The Morgan fingerprint density at radius 2 is 1.54 bits per heavy atom. The van der Waals surface area contributed by atoms with Gasteiger partial charge in [0.2, 0.25) is 0 Å². The molecule has 0 amide bonds. The molecular weight excluding hydrogens is 382 g/mol. The van der Waals surface area contributed by atoms with Crippen LogP contribution in [0.3, 0.4) is 0 Å². The summed E-state index contributed by atoms with van der Waals surface area (Å²) in [4.78, 5) is 35.6. The number of Topliss-reactive ketones (excluding diaryl/α,β-unsaturated/α-hetero) is 1. The van der Waals surface area contributed by atoms with Crippen molar-refractivity contribution in [2.75, 3.05) is 4.72 Å². The Bertz CT molecular complexity index is 1350. The number of carbonyl (C=O) groups is 1. The van der Waals surface area contributed by atoms with Crippen LogP contribution in [0.25, 0.3) is 11.0 Å². The van der Waals surface area contributed by atoms with Gasteiger partial charge in [0.15, 0.2) is 5.78 Å². The Morgan fingerprint density at radius 3 is 2.11 bits per heavy atom. The average molecular weight is 401 g/mol. The molecule has 0 atom stereocenters. The Balaban J connectivity index is 2.18. The molecule has 3 rings (SSSR count). The highest BCUT2D eigenvalue weighted by Crippen LogP contribution is 2.24. The van der Waals surface area contributed by atoms with Gasteiger partial charge in [-0.1, -0.05) is 12.1 Å². The van der Waals surface area contributed by atoms with E-state index in [0.717, 1.165) is 4.57 Å². The van der Waals surface area contributed by atoms with Crippen molar-refractivity contribution in [3.63, 3.8) is 0 Å². The lowest BCUT2D eigenvalue weighted by atomic mass is 10.1. The Hall–Kier alpha value is -3.20. The van der Waals surface area contributed by atoms with E-state index in [1.165, 1.54) is 37.7 Å². The van der Waals surface area contributed by atoms with Crippen LogP contribution in [0, 0.1) is 6.92 Å². The molecule has 2 aromatic carbocycles. The van der Waals surface area contributed by atoms with Gasteiger partial charge in [-0.25, -0.2) is 8.42 Å². The van der Waals surface area contributed by atoms with Gasteiger partial charge >= 0.3 is 11.1 Å². The molecule has 0 aliphatic carbocycles. The molecule has 3 aromatic rings. The second-order valence-corrected chi connectivity index (χ2v) is 8.23. The maximum Gasteiger partial charge on any atom is 0.316 e. The van der Waals surface area contributed by atoms with E-state index in [-0.39, 0.29) is 16.4 Å². The number of rotatable bonds is 4. The van der Waals surface area contributed by atoms with Crippen molar-refractivity contribution < 1.29 is 13.2 Å². The summed E-state index contributed by atoms with van der Waals surface area (Å²) in [6.45, 7) is 3.00. The predicted octanol–water partition coefficient (Wildman–Crippen LogP) is 1.55. The molecule has 1 aromatic heterocycles. The SMILES string of the molecule is CC(=O)c1cccc(NS(=O)(=O)c2cc3c(cc2C)n(C)c(=O)c(=O)n3C)c1. The number of anilines is 1. The number of ketones is 1. The Labute approximate surface area is 161 Å². The van der Waals surface area contributed by atoms with Gasteiger partial charge in [0, 0.05) is 25.3 Å². The van der Waals surface area contributed by atoms with Crippen molar-refractivity contribution in [1.29, 1.82) is 0 Å². The first-order valence-corrected chi connectivity index (χ1v) is 9.85. The van der Waals surface area contributed by atoms with E-state index in [2.05, 4.69) is 4.72 Å². The fourth-order valence-electron chi connectivity index (χ4n) is 3.01. The zero-order chi connectivity index (χ0) is 20.8. The van der Waals surface area contributed by atoms with Crippen molar-refractivity contribution in [2.24, 2.45) is 14.1 Å². The largest absolute Gasteiger partial charge is 0.316 e. The summed E-state index contributed by atoms with van der Waals surface area (Å²) in [7, 11) is -1.11. The molecule has 28 heavy (non-hydrogen) atoms. The molecule has 0 aliphatic heterocycles. The van der Waals surface area contributed by atoms with E-state index in [4.69, 9.17) is 0 Å². The zero-order valence-corrected chi connectivity index (χ0v) is 16.6. The minimum absolute atomic E-state index is 0.0260. The smallest absolute Gasteiger partial charge is 0.305 e. The van der Waals surface area contributed by atoms with Gasteiger partial charge in [-0.2, -0.15) is 0 Å². The summed E-state index contributed by atoms with van der Waals surface area (Å²) in [5, 5.41) is 0. The topological polar surface area (TPSA) is 107 Å². The average Bonchev–Trinajstić information content (AvgIpc) is 2.64. The first-order valence-electron chi connectivity index (χ1n) is 8.37. The van der Waals surface area contributed by atoms with Crippen LogP contribution in [0.15, 0.2) is 50.9 Å². The molecule has 0 spiro atoms. The third-order valence-corrected chi connectivity index (χ3v) is 6.12. The van der Waals surface area contributed by atoms with Crippen LogP contribution in [0.5, 0.6) is 0 Å². The fourth-order valence-corrected chi connectivity index (χ4v) is 4.30. The lowest BCUT2D eigenvalue weighted by Gasteiger charge is -2.15. The van der Waals surface area contributed by atoms with E-state index in [1.54, 1.807) is 31.2 Å². The highest BCUT2D eigenvalue weighted by molar-refractivity contribution is 7.92. The van der Waals surface area contributed by atoms with Crippen LogP contribution in [-0.2, 0) is 24.1 Å². The number of hydrogen-bond donors (Lipinski definition) is 1. The summed E-state index contributed by atoms with van der Waals surface area (Å²) in [6.07, 6.45) is 0. The number of fused-ring (bicyclic) bond motifs is 1. The van der Waals surface area contributed by atoms with E-state index < -0.39 is 21.1 Å². The fraction of sp³-hybridized carbons (Fsp3) is 0.211. The lowest BCUT2D eigenvalue weighted by Crippen LogP contribution is -2.39. The molecule has 0 fully saturated rings. The van der Waals surface area contributed by atoms with Gasteiger partial charge in [0.1, 0.15) is 0 Å². The van der Waals surface area contributed by atoms with Crippen molar-refractivity contribution >= 4 is 32.5 Å². The molecule has 0 aliphatic rings. The van der Waals surface area contributed by atoms with E-state index in [9.17, 15) is 22.8 Å². The number of hydrogen-bond acceptors (Lipinski definition) is 5. The van der Waals surface area contributed by atoms with Gasteiger partial charge in [0.05, 0.1) is 15.9 Å². The highest BCUT2D eigenvalue weighted by Gasteiger charge is 2.20. The van der Waals surface area contributed by atoms with Crippen LogP contribution in [0.4, 0.5) is 5.69 Å².